The normalized spacial score (nSPS) is 24.6. The summed E-state index contributed by atoms with van der Waals surface area (Å²) in [5.41, 5.74) is 5.47. The summed E-state index contributed by atoms with van der Waals surface area (Å²) in [6, 6.07) is 16.8. The molecule has 0 spiro atoms. The van der Waals surface area contributed by atoms with Crippen LogP contribution in [0.4, 0.5) is 0 Å². The fourth-order valence-electron chi connectivity index (χ4n) is 6.49. The van der Waals surface area contributed by atoms with Gasteiger partial charge < -0.3 is 20.5 Å². The van der Waals surface area contributed by atoms with Crippen LogP contribution >= 0.6 is 0 Å². The van der Waals surface area contributed by atoms with Gasteiger partial charge in [0.1, 0.15) is 0 Å². The molecule has 3 heterocycles. The second-order valence-electron chi connectivity index (χ2n) is 10.8. The van der Waals surface area contributed by atoms with Crippen molar-refractivity contribution < 1.29 is 9.59 Å². The molecule has 0 saturated carbocycles. The number of rotatable bonds is 6. The third-order valence-corrected chi connectivity index (χ3v) is 8.12. The number of likely N-dealkylation sites (tertiary alicyclic amines) is 2. The number of hydrogen-bond acceptors (Lipinski definition) is 4. The number of carbonyl (C=O) groups excluding carboxylic acids is 2. The molecule has 2 amide bonds. The summed E-state index contributed by atoms with van der Waals surface area (Å²) in [5.74, 6) is 0.233. The van der Waals surface area contributed by atoms with Crippen molar-refractivity contribution in [1.82, 2.24) is 25.4 Å². The van der Waals surface area contributed by atoms with Crippen LogP contribution in [-0.4, -0.2) is 65.4 Å². The molecule has 2 aliphatic heterocycles. The summed E-state index contributed by atoms with van der Waals surface area (Å²) in [6.07, 6.45) is 0.976. The number of likely N-dealkylation sites (N-methyl/N-ethyl adjacent to an activating group) is 1. The molecule has 7 nitrogen and oxygen atoms in total. The summed E-state index contributed by atoms with van der Waals surface area (Å²) >= 11 is 0. The second kappa shape index (κ2) is 9.71. The molecule has 2 aliphatic rings. The first kappa shape index (κ1) is 24.5. The van der Waals surface area contributed by atoms with E-state index < -0.39 is 0 Å². The lowest BCUT2D eigenvalue weighted by Gasteiger charge is -2.44. The van der Waals surface area contributed by atoms with E-state index in [1.165, 1.54) is 22.2 Å². The summed E-state index contributed by atoms with van der Waals surface area (Å²) in [5, 5.41) is 7.66. The number of aromatic amines is 1. The Balaban J connectivity index is 1.35. The summed E-state index contributed by atoms with van der Waals surface area (Å²) in [4.78, 5) is 33.5. The zero-order chi connectivity index (χ0) is 25.4. The van der Waals surface area contributed by atoms with Crippen LogP contribution < -0.4 is 10.6 Å². The van der Waals surface area contributed by atoms with Gasteiger partial charge in [-0.05, 0) is 62.7 Å². The standard InChI is InChI=1S/C29H37N5O2/c1-19-20(2)31-26-11-10-22(14-24(19)26)15-30-27(36)16-34-18-29(32-21(3)35)17-33(4)13-12-25(29)28(34)23-8-6-5-7-9-23/h5-11,14,25,28,31H,12-13,15-18H2,1-4H3,(H,30,36)(H,32,35)/t25-,28-,29-/m1/s1. The predicted molar refractivity (Wildman–Crippen MR) is 143 cm³/mol. The van der Waals surface area contributed by atoms with E-state index in [1.54, 1.807) is 6.92 Å². The Bertz CT molecular complexity index is 1270. The molecule has 3 atom stereocenters. The number of amides is 2. The molecule has 2 saturated heterocycles. The van der Waals surface area contributed by atoms with Gasteiger partial charge in [0.15, 0.2) is 0 Å². The Kier molecular flexibility index (Phi) is 6.62. The number of aryl methyl sites for hydroxylation is 2. The molecule has 5 rings (SSSR count). The quantitative estimate of drug-likeness (QED) is 0.499. The van der Waals surface area contributed by atoms with Crippen LogP contribution in [0.25, 0.3) is 10.9 Å². The highest BCUT2D eigenvalue weighted by atomic mass is 16.2. The minimum atomic E-state index is -0.367. The van der Waals surface area contributed by atoms with Crippen molar-refractivity contribution in [3.63, 3.8) is 0 Å². The molecule has 36 heavy (non-hydrogen) atoms. The van der Waals surface area contributed by atoms with E-state index in [1.807, 2.05) is 6.07 Å². The Hall–Kier alpha value is -3.16. The zero-order valence-electron chi connectivity index (χ0n) is 21.7. The van der Waals surface area contributed by atoms with Crippen molar-refractivity contribution in [3.05, 3.63) is 70.9 Å². The van der Waals surface area contributed by atoms with Crippen molar-refractivity contribution in [2.45, 2.75) is 45.3 Å². The van der Waals surface area contributed by atoms with E-state index in [9.17, 15) is 9.59 Å². The Morgan fingerprint density at radius 3 is 2.64 bits per heavy atom. The second-order valence-corrected chi connectivity index (χ2v) is 10.8. The molecule has 0 unspecified atom stereocenters. The van der Waals surface area contributed by atoms with Gasteiger partial charge in [-0.15, -0.1) is 0 Å². The van der Waals surface area contributed by atoms with Gasteiger partial charge >= 0.3 is 0 Å². The van der Waals surface area contributed by atoms with E-state index >= 15 is 0 Å². The van der Waals surface area contributed by atoms with Gasteiger partial charge in [0.25, 0.3) is 0 Å². The first-order valence-electron chi connectivity index (χ1n) is 12.9. The number of aromatic nitrogens is 1. The van der Waals surface area contributed by atoms with Crippen LogP contribution in [0.3, 0.4) is 0 Å². The number of H-pyrrole nitrogens is 1. The topological polar surface area (TPSA) is 80.5 Å². The average molecular weight is 488 g/mol. The lowest BCUT2D eigenvalue weighted by molar-refractivity contribution is -0.122. The molecular weight excluding hydrogens is 450 g/mol. The van der Waals surface area contributed by atoms with Crippen molar-refractivity contribution in [2.75, 3.05) is 33.2 Å². The van der Waals surface area contributed by atoms with Crippen LogP contribution in [0.2, 0.25) is 0 Å². The van der Waals surface area contributed by atoms with E-state index in [0.29, 0.717) is 19.6 Å². The van der Waals surface area contributed by atoms with Crippen LogP contribution in [0.15, 0.2) is 48.5 Å². The number of nitrogens with zero attached hydrogens (tertiary/aromatic N) is 2. The summed E-state index contributed by atoms with van der Waals surface area (Å²) in [6.45, 7) is 9.01. The van der Waals surface area contributed by atoms with Gasteiger partial charge in [0.2, 0.25) is 11.8 Å². The average Bonchev–Trinajstić information content (AvgIpc) is 3.29. The minimum Gasteiger partial charge on any atom is -0.358 e. The SMILES string of the molecule is CC(=O)N[C@@]12CN(C)CC[C@@H]1[C@@H](c1ccccc1)N(CC(=O)NCc1ccc3[nH]c(C)c(C)c3c1)C2. The van der Waals surface area contributed by atoms with Crippen LogP contribution in [0, 0.1) is 19.8 Å². The smallest absolute Gasteiger partial charge is 0.234 e. The summed E-state index contributed by atoms with van der Waals surface area (Å²) < 4.78 is 0. The minimum absolute atomic E-state index is 0.00276. The number of fused-ring (bicyclic) bond motifs is 2. The number of carbonyl (C=O) groups is 2. The van der Waals surface area contributed by atoms with Crippen molar-refractivity contribution in [1.29, 1.82) is 0 Å². The molecular formula is C29H37N5O2. The molecule has 3 N–H and O–H groups in total. The van der Waals surface area contributed by atoms with Gasteiger partial charge in [0.05, 0.1) is 12.1 Å². The van der Waals surface area contributed by atoms with Crippen LogP contribution in [-0.2, 0) is 16.1 Å². The largest absolute Gasteiger partial charge is 0.358 e. The fourth-order valence-corrected chi connectivity index (χ4v) is 6.49. The molecule has 3 aromatic rings. The van der Waals surface area contributed by atoms with E-state index in [-0.39, 0.29) is 29.3 Å². The van der Waals surface area contributed by atoms with Gasteiger partial charge in [0, 0.05) is 55.1 Å². The monoisotopic (exact) mass is 487 g/mol. The van der Waals surface area contributed by atoms with Crippen LogP contribution in [0.1, 0.15) is 41.8 Å². The maximum atomic E-state index is 13.2. The van der Waals surface area contributed by atoms with Crippen LogP contribution in [0.5, 0.6) is 0 Å². The number of hydrogen-bond donors (Lipinski definition) is 3. The van der Waals surface area contributed by atoms with E-state index in [0.717, 1.165) is 30.6 Å². The van der Waals surface area contributed by atoms with Crippen molar-refractivity contribution >= 4 is 22.7 Å². The van der Waals surface area contributed by atoms with Crippen molar-refractivity contribution in [2.24, 2.45) is 5.92 Å². The molecule has 1 aromatic heterocycles. The summed E-state index contributed by atoms with van der Waals surface area (Å²) in [7, 11) is 2.11. The van der Waals surface area contributed by atoms with Crippen molar-refractivity contribution in [3.8, 4) is 0 Å². The van der Waals surface area contributed by atoms with Gasteiger partial charge in [-0.2, -0.15) is 0 Å². The number of piperidine rings is 1. The van der Waals surface area contributed by atoms with Gasteiger partial charge in [-0.25, -0.2) is 0 Å². The molecule has 0 aliphatic carbocycles. The third-order valence-electron chi connectivity index (χ3n) is 8.12. The molecule has 190 valence electrons. The molecule has 7 heteroatoms. The highest BCUT2D eigenvalue weighted by molar-refractivity contribution is 5.85. The maximum Gasteiger partial charge on any atom is 0.234 e. The lowest BCUT2D eigenvalue weighted by atomic mass is 9.76. The van der Waals surface area contributed by atoms with E-state index in [2.05, 4.69) is 88.8 Å². The zero-order valence-corrected chi connectivity index (χ0v) is 21.7. The Morgan fingerprint density at radius 2 is 1.89 bits per heavy atom. The predicted octanol–water partition coefficient (Wildman–Crippen LogP) is 3.28. The molecule has 0 radical (unpaired) electrons. The lowest BCUT2D eigenvalue weighted by Crippen LogP contribution is -2.63. The maximum absolute atomic E-state index is 13.2. The highest BCUT2D eigenvalue weighted by Crippen LogP contribution is 2.47. The Labute approximate surface area is 213 Å². The van der Waals surface area contributed by atoms with E-state index in [4.69, 9.17) is 0 Å². The van der Waals surface area contributed by atoms with Gasteiger partial charge in [-0.3, -0.25) is 14.5 Å². The Morgan fingerprint density at radius 1 is 1.11 bits per heavy atom. The number of nitrogens with one attached hydrogen (secondary N) is 3. The molecule has 2 aromatic carbocycles. The highest BCUT2D eigenvalue weighted by Gasteiger charge is 2.55. The molecule has 2 fully saturated rings. The first-order valence-corrected chi connectivity index (χ1v) is 12.9. The van der Waals surface area contributed by atoms with Gasteiger partial charge in [-0.1, -0.05) is 36.4 Å². The number of benzene rings is 2. The molecule has 0 bridgehead atoms. The first-order chi connectivity index (χ1) is 17.3. The third kappa shape index (κ3) is 4.65. The fraction of sp³-hybridized carbons (Fsp3) is 0.448.